The first-order valence-corrected chi connectivity index (χ1v) is 10.3. The van der Waals surface area contributed by atoms with E-state index in [1.165, 1.54) is 17.0 Å². The Labute approximate surface area is 183 Å². The van der Waals surface area contributed by atoms with Crippen molar-refractivity contribution in [3.63, 3.8) is 0 Å². The zero-order valence-corrected chi connectivity index (χ0v) is 18.8. The summed E-state index contributed by atoms with van der Waals surface area (Å²) in [5, 5.41) is 2.94. The molecule has 168 valence electrons. The lowest BCUT2D eigenvalue weighted by Crippen LogP contribution is -2.54. The van der Waals surface area contributed by atoms with E-state index in [4.69, 9.17) is 9.47 Å². The largest absolute Gasteiger partial charge is 0.497 e. The number of hydrogen-bond acceptors (Lipinski definition) is 4. The van der Waals surface area contributed by atoms with E-state index in [0.717, 1.165) is 5.56 Å². The molecular weight excluding hydrogens is 399 g/mol. The Morgan fingerprint density at radius 3 is 2.45 bits per heavy atom. The summed E-state index contributed by atoms with van der Waals surface area (Å²) in [7, 11) is 1.57. The standard InChI is InChI=1S/C24H31FN2O4/c1-6-20(23(29)26-24(2,3)4)27(15-17-10-9-11-18(14-17)30-5)22(28)16-31-21-13-8-7-12-19(21)25/h7-14,20H,6,15-16H2,1-5H3,(H,26,29). The van der Waals surface area contributed by atoms with Crippen molar-refractivity contribution in [2.45, 2.75) is 52.2 Å². The lowest BCUT2D eigenvalue weighted by atomic mass is 10.1. The average molecular weight is 431 g/mol. The molecule has 6 nitrogen and oxygen atoms in total. The van der Waals surface area contributed by atoms with Gasteiger partial charge in [-0.15, -0.1) is 0 Å². The molecule has 0 aromatic heterocycles. The molecule has 0 fully saturated rings. The van der Waals surface area contributed by atoms with Crippen molar-refractivity contribution in [2.75, 3.05) is 13.7 Å². The van der Waals surface area contributed by atoms with Crippen LogP contribution in [0.4, 0.5) is 4.39 Å². The van der Waals surface area contributed by atoms with Crippen molar-refractivity contribution in [3.05, 3.63) is 59.9 Å². The minimum atomic E-state index is -0.706. The Morgan fingerprint density at radius 1 is 1.13 bits per heavy atom. The van der Waals surface area contributed by atoms with Gasteiger partial charge in [0.2, 0.25) is 5.91 Å². The topological polar surface area (TPSA) is 67.9 Å². The van der Waals surface area contributed by atoms with Crippen LogP contribution in [0.3, 0.4) is 0 Å². The summed E-state index contributed by atoms with van der Waals surface area (Å²) < 4.78 is 24.6. The zero-order valence-electron chi connectivity index (χ0n) is 18.8. The highest BCUT2D eigenvalue weighted by atomic mass is 19.1. The number of nitrogens with one attached hydrogen (secondary N) is 1. The van der Waals surface area contributed by atoms with Crippen LogP contribution >= 0.6 is 0 Å². The SMILES string of the molecule is CCC(C(=O)NC(C)(C)C)N(Cc1cccc(OC)c1)C(=O)COc1ccccc1F. The van der Waals surface area contributed by atoms with E-state index in [9.17, 15) is 14.0 Å². The van der Waals surface area contributed by atoms with E-state index in [1.807, 2.05) is 45.9 Å². The molecule has 7 heteroatoms. The molecule has 0 saturated heterocycles. The molecule has 2 aromatic carbocycles. The first kappa shape index (κ1) is 24.2. The molecule has 0 aliphatic rings. The zero-order chi connectivity index (χ0) is 23.0. The van der Waals surface area contributed by atoms with E-state index >= 15 is 0 Å². The predicted octanol–water partition coefficient (Wildman–Crippen LogP) is 3.94. The maximum atomic E-state index is 13.9. The number of carbonyl (C=O) groups excluding carboxylic acids is 2. The second-order valence-electron chi connectivity index (χ2n) is 8.26. The molecule has 0 radical (unpaired) electrons. The van der Waals surface area contributed by atoms with Crippen molar-refractivity contribution in [1.29, 1.82) is 0 Å². The lowest BCUT2D eigenvalue weighted by Gasteiger charge is -2.33. The van der Waals surface area contributed by atoms with Crippen LogP contribution in [0.2, 0.25) is 0 Å². The van der Waals surface area contributed by atoms with Gasteiger partial charge in [0.15, 0.2) is 18.2 Å². The summed E-state index contributed by atoms with van der Waals surface area (Å²) in [5.41, 5.74) is 0.361. The molecular formula is C24H31FN2O4. The van der Waals surface area contributed by atoms with Gasteiger partial charge in [0, 0.05) is 12.1 Å². The van der Waals surface area contributed by atoms with Crippen molar-refractivity contribution >= 4 is 11.8 Å². The smallest absolute Gasteiger partial charge is 0.261 e. The van der Waals surface area contributed by atoms with Crippen LogP contribution in [0.1, 0.15) is 39.7 Å². The maximum Gasteiger partial charge on any atom is 0.261 e. The molecule has 0 heterocycles. The molecule has 0 aliphatic carbocycles. The minimum absolute atomic E-state index is 0.00984. The van der Waals surface area contributed by atoms with E-state index in [1.54, 1.807) is 25.3 Å². The van der Waals surface area contributed by atoms with Crippen LogP contribution in [-0.2, 0) is 16.1 Å². The maximum absolute atomic E-state index is 13.9. The number of ether oxygens (including phenoxy) is 2. The van der Waals surface area contributed by atoms with Gasteiger partial charge in [-0.25, -0.2) is 4.39 Å². The molecule has 1 atom stereocenters. The van der Waals surface area contributed by atoms with Crippen molar-refractivity contribution in [2.24, 2.45) is 0 Å². The van der Waals surface area contributed by atoms with Gasteiger partial charge >= 0.3 is 0 Å². The summed E-state index contributed by atoms with van der Waals surface area (Å²) in [6.07, 6.45) is 0.414. The molecule has 2 aromatic rings. The molecule has 0 saturated carbocycles. The molecule has 0 bridgehead atoms. The number of halogens is 1. The summed E-state index contributed by atoms with van der Waals surface area (Å²) in [6, 6.07) is 12.5. The Hall–Kier alpha value is -3.09. The van der Waals surface area contributed by atoms with Gasteiger partial charge in [0.25, 0.3) is 5.91 Å². The van der Waals surface area contributed by atoms with Crippen LogP contribution in [0.25, 0.3) is 0 Å². The highest BCUT2D eigenvalue weighted by molar-refractivity contribution is 5.88. The average Bonchev–Trinajstić information content (AvgIpc) is 2.71. The number of hydrogen-bond donors (Lipinski definition) is 1. The molecule has 0 spiro atoms. The lowest BCUT2D eigenvalue weighted by molar-refractivity contribution is -0.143. The highest BCUT2D eigenvalue weighted by Crippen LogP contribution is 2.19. The number of nitrogens with zero attached hydrogens (tertiary/aromatic N) is 1. The van der Waals surface area contributed by atoms with Gasteiger partial charge in [-0.2, -0.15) is 0 Å². The summed E-state index contributed by atoms with van der Waals surface area (Å²) >= 11 is 0. The minimum Gasteiger partial charge on any atom is -0.497 e. The van der Waals surface area contributed by atoms with Crippen molar-refractivity contribution < 1.29 is 23.5 Å². The Bertz CT molecular complexity index is 895. The number of methoxy groups -OCH3 is 1. The van der Waals surface area contributed by atoms with Crippen LogP contribution in [0.5, 0.6) is 11.5 Å². The second-order valence-corrected chi connectivity index (χ2v) is 8.26. The molecule has 2 amide bonds. The first-order chi connectivity index (χ1) is 14.6. The van der Waals surface area contributed by atoms with Gasteiger partial charge in [-0.1, -0.05) is 31.2 Å². The predicted molar refractivity (Wildman–Crippen MR) is 117 cm³/mol. The third kappa shape index (κ3) is 7.27. The van der Waals surface area contributed by atoms with Gasteiger partial charge in [-0.3, -0.25) is 9.59 Å². The number of carbonyl (C=O) groups is 2. The third-order valence-electron chi connectivity index (χ3n) is 4.56. The van der Waals surface area contributed by atoms with Crippen LogP contribution < -0.4 is 14.8 Å². The summed E-state index contributed by atoms with van der Waals surface area (Å²) in [4.78, 5) is 27.5. The number of benzene rings is 2. The number of rotatable bonds is 9. The van der Waals surface area contributed by atoms with E-state index in [-0.39, 0.29) is 24.8 Å². The summed E-state index contributed by atoms with van der Waals surface area (Å²) in [5.74, 6) is -0.574. The number of para-hydroxylation sites is 1. The van der Waals surface area contributed by atoms with E-state index in [0.29, 0.717) is 12.2 Å². The van der Waals surface area contributed by atoms with Gasteiger partial charge in [0.05, 0.1) is 7.11 Å². The van der Waals surface area contributed by atoms with E-state index in [2.05, 4.69) is 5.32 Å². The summed E-state index contributed by atoms with van der Waals surface area (Å²) in [6.45, 7) is 7.29. The fraction of sp³-hybridized carbons (Fsp3) is 0.417. The Kier molecular flexibility index (Phi) is 8.42. The monoisotopic (exact) mass is 430 g/mol. The van der Waals surface area contributed by atoms with Gasteiger partial charge < -0.3 is 19.7 Å². The Morgan fingerprint density at radius 2 is 1.84 bits per heavy atom. The van der Waals surface area contributed by atoms with Gasteiger partial charge in [-0.05, 0) is 57.0 Å². The second kappa shape index (κ2) is 10.8. The highest BCUT2D eigenvalue weighted by Gasteiger charge is 2.31. The fourth-order valence-corrected chi connectivity index (χ4v) is 3.12. The van der Waals surface area contributed by atoms with Crippen LogP contribution in [-0.4, -0.2) is 42.0 Å². The number of amides is 2. The van der Waals surface area contributed by atoms with Crippen LogP contribution in [0, 0.1) is 5.82 Å². The van der Waals surface area contributed by atoms with E-state index < -0.39 is 23.3 Å². The molecule has 0 aliphatic heterocycles. The Balaban J connectivity index is 2.27. The van der Waals surface area contributed by atoms with Crippen molar-refractivity contribution in [1.82, 2.24) is 10.2 Å². The normalized spacial score (nSPS) is 12.1. The third-order valence-corrected chi connectivity index (χ3v) is 4.56. The molecule has 31 heavy (non-hydrogen) atoms. The van der Waals surface area contributed by atoms with Gasteiger partial charge in [0.1, 0.15) is 11.8 Å². The molecule has 1 N–H and O–H groups in total. The quantitative estimate of drug-likeness (QED) is 0.655. The first-order valence-electron chi connectivity index (χ1n) is 10.3. The molecule has 1 unspecified atom stereocenters. The van der Waals surface area contributed by atoms with Crippen molar-refractivity contribution in [3.8, 4) is 11.5 Å². The van der Waals surface area contributed by atoms with Crippen LogP contribution in [0.15, 0.2) is 48.5 Å². The molecule has 2 rings (SSSR count). The fourth-order valence-electron chi connectivity index (χ4n) is 3.12.